The molecule has 7 heteroatoms. The highest BCUT2D eigenvalue weighted by molar-refractivity contribution is 5.47. The summed E-state index contributed by atoms with van der Waals surface area (Å²) in [4.78, 5) is 7.40. The molecule has 0 aliphatic rings. The van der Waals surface area contributed by atoms with Gasteiger partial charge in [0, 0.05) is 18.3 Å². The van der Waals surface area contributed by atoms with Crippen LogP contribution in [0.4, 0.5) is 13.2 Å². The molecule has 0 aromatic carbocycles. The second kappa shape index (κ2) is 4.77. The SMILES string of the molecule is CNCc1cnc(-c2ccco2)nc1C(F)(F)F. The van der Waals surface area contributed by atoms with Crippen molar-refractivity contribution in [2.75, 3.05) is 7.05 Å². The Morgan fingerprint density at radius 1 is 1.39 bits per heavy atom. The van der Waals surface area contributed by atoms with Crippen molar-refractivity contribution < 1.29 is 17.6 Å². The zero-order chi connectivity index (χ0) is 13.2. The van der Waals surface area contributed by atoms with E-state index in [1.54, 1.807) is 13.1 Å². The standard InChI is InChI=1S/C11H10F3N3O/c1-15-5-7-6-16-10(8-3-2-4-18-8)17-9(7)11(12,13)14/h2-4,6,15H,5H2,1H3. The van der Waals surface area contributed by atoms with E-state index in [1.165, 1.54) is 12.3 Å². The average Bonchev–Trinajstić information content (AvgIpc) is 2.82. The summed E-state index contributed by atoms with van der Waals surface area (Å²) in [6.45, 7) is 0.0489. The van der Waals surface area contributed by atoms with Gasteiger partial charge in [-0.05, 0) is 19.2 Å². The fraction of sp³-hybridized carbons (Fsp3) is 0.273. The molecule has 18 heavy (non-hydrogen) atoms. The first-order valence-corrected chi connectivity index (χ1v) is 5.14. The lowest BCUT2D eigenvalue weighted by Crippen LogP contribution is -2.17. The van der Waals surface area contributed by atoms with E-state index in [0.717, 1.165) is 6.20 Å². The predicted molar refractivity (Wildman–Crippen MR) is 57.5 cm³/mol. The molecule has 4 nitrogen and oxygen atoms in total. The van der Waals surface area contributed by atoms with E-state index in [2.05, 4.69) is 15.3 Å². The van der Waals surface area contributed by atoms with Crippen LogP contribution in [-0.4, -0.2) is 17.0 Å². The van der Waals surface area contributed by atoms with Gasteiger partial charge >= 0.3 is 6.18 Å². The average molecular weight is 257 g/mol. The first kappa shape index (κ1) is 12.6. The summed E-state index contributed by atoms with van der Waals surface area (Å²) in [5, 5.41) is 2.65. The summed E-state index contributed by atoms with van der Waals surface area (Å²) in [5.41, 5.74) is -0.946. The van der Waals surface area contributed by atoms with Crippen LogP contribution in [0.1, 0.15) is 11.3 Å². The highest BCUT2D eigenvalue weighted by atomic mass is 19.4. The van der Waals surface area contributed by atoms with Crippen molar-refractivity contribution in [3.63, 3.8) is 0 Å². The van der Waals surface area contributed by atoms with Crippen LogP contribution in [0.3, 0.4) is 0 Å². The maximum absolute atomic E-state index is 12.8. The van der Waals surface area contributed by atoms with Gasteiger partial charge in [0.25, 0.3) is 0 Å². The molecule has 0 bridgehead atoms. The van der Waals surface area contributed by atoms with Crippen LogP contribution in [0.15, 0.2) is 29.0 Å². The first-order chi connectivity index (χ1) is 8.52. The monoisotopic (exact) mass is 257 g/mol. The summed E-state index contributed by atoms with van der Waals surface area (Å²) < 4.78 is 43.5. The van der Waals surface area contributed by atoms with Gasteiger partial charge in [0.1, 0.15) is 0 Å². The molecular formula is C11H10F3N3O. The molecule has 0 amide bonds. The quantitative estimate of drug-likeness (QED) is 0.917. The van der Waals surface area contributed by atoms with Gasteiger partial charge in [0.05, 0.1) is 6.26 Å². The minimum atomic E-state index is -4.52. The molecule has 1 N–H and O–H groups in total. The fourth-order valence-electron chi connectivity index (χ4n) is 1.50. The van der Waals surface area contributed by atoms with Crippen molar-refractivity contribution in [1.82, 2.24) is 15.3 Å². The van der Waals surface area contributed by atoms with Gasteiger partial charge in [-0.2, -0.15) is 13.2 Å². The Labute approximate surface area is 101 Å². The molecule has 96 valence electrons. The third-order valence-electron chi connectivity index (χ3n) is 2.24. The van der Waals surface area contributed by atoms with Crippen molar-refractivity contribution in [2.24, 2.45) is 0 Å². The summed E-state index contributed by atoms with van der Waals surface area (Å²) in [7, 11) is 1.56. The van der Waals surface area contributed by atoms with Crippen LogP contribution >= 0.6 is 0 Å². The lowest BCUT2D eigenvalue weighted by atomic mass is 10.2. The molecule has 0 fully saturated rings. The number of hydrogen-bond acceptors (Lipinski definition) is 4. The van der Waals surface area contributed by atoms with Crippen molar-refractivity contribution in [3.8, 4) is 11.6 Å². The number of nitrogens with zero attached hydrogens (tertiary/aromatic N) is 2. The predicted octanol–water partition coefficient (Wildman–Crippen LogP) is 2.47. The Kier molecular flexibility index (Phi) is 3.33. The van der Waals surface area contributed by atoms with Gasteiger partial charge in [-0.15, -0.1) is 0 Å². The van der Waals surface area contributed by atoms with E-state index in [1.807, 2.05) is 0 Å². The Balaban J connectivity index is 2.49. The van der Waals surface area contributed by atoms with E-state index in [-0.39, 0.29) is 23.7 Å². The Bertz CT molecular complexity index is 523. The van der Waals surface area contributed by atoms with Crippen molar-refractivity contribution in [2.45, 2.75) is 12.7 Å². The minimum absolute atomic E-state index is 0.000283. The summed E-state index contributed by atoms with van der Waals surface area (Å²) >= 11 is 0. The van der Waals surface area contributed by atoms with Crippen molar-refractivity contribution >= 4 is 0 Å². The van der Waals surface area contributed by atoms with Gasteiger partial charge in [-0.1, -0.05) is 0 Å². The second-order valence-corrected chi connectivity index (χ2v) is 3.57. The molecule has 0 aliphatic heterocycles. The van der Waals surface area contributed by atoms with E-state index in [0.29, 0.717) is 0 Å². The van der Waals surface area contributed by atoms with Crippen LogP contribution < -0.4 is 5.32 Å². The van der Waals surface area contributed by atoms with Gasteiger partial charge < -0.3 is 9.73 Å². The molecule has 0 atom stereocenters. The molecule has 0 saturated heterocycles. The van der Waals surface area contributed by atoms with Gasteiger partial charge in [0.2, 0.25) is 0 Å². The number of alkyl halides is 3. The number of halogens is 3. The molecule has 2 aromatic rings. The first-order valence-electron chi connectivity index (χ1n) is 5.14. The maximum Gasteiger partial charge on any atom is 0.433 e. The van der Waals surface area contributed by atoms with Crippen LogP contribution in [0.5, 0.6) is 0 Å². The zero-order valence-corrected chi connectivity index (χ0v) is 9.45. The molecule has 2 rings (SSSR count). The van der Waals surface area contributed by atoms with Crippen LogP contribution in [0.2, 0.25) is 0 Å². The number of nitrogens with one attached hydrogen (secondary N) is 1. The largest absolute Gasteiger partial charge is 0.461 e. The normalized spacial score (nSPS) is 11.8. The third-order valence-corrected chi connectivity index (χ3v) is 2.24. The molecule has 0 aliphatic carbocycles. The smallest absolute Gasteiger partial charge is 0.433 e. The van der Waals surface area contributed by atoms with E-state index >= 15 is 0 Å². The second-order valence-electron chi connectivity index (χ2n) is 3.57. The number of rotatable bonds is 3. The van der Waals surface area contributed by atoms with E-state index < -0.39 is 11.9 Å². The molecule has 0 unspecified atom stereocenters. The summed E-state index contributed by atoms with van der Waals surface area (Å²) in [5.74, 6) is 0.128. The number of hydrogen-bond donors (Lipinski definition) is 1. The lowest BCUT2D eigenvalue weighted by molar-refractivity contribution is -0.141. The highest BCUT2D eigenvalue weighted by Crippen LogP contribution is 2.31. The highest BCUT2D eigenvalue weighted by Gasteiger charge is 2.36. The molecule has 0 radical (unpaired) electrons. The van der Waals surface area contributed by atoms with Gasteiger partial charge in [0.15, 0.2) is 17.3 Å². The molecule has 0 saturated carbocycles. The Hall–Kier alpha value is -1.89. The van der Waals surface area contributed by atoms with Crippen molar-refractivity contribution in [3.05, 3.63) is 35.9 Å². The Morgan fingerprint density at radius 2 is 2.17 bits per heavy atom. The molecule has 2 heterocycles. The van der Waals surface area contributed by atoms with Crippen LogP contribution in [0, 0.1) is 0 Å². The van der Waals surface area contributed by atoms with E-state index in [9.17, 15) is 13.2 Å². The van der Waals surface area contributed by atoms with Crippen LogP contribution in [-0.2, 0) is 12.7 Å². The lowest BCUT2D eigenvalue weighted by Gasteiger charge is -2.11. The van der Waals surface area contributed by atoms with Crippen LogP contribution in [0.25, 0.3) is 11.6 Å². The maximum atomic E-state index is 12.8. The Morgan fingerprint density at radius 3 is 2.72 bits per heavy atom. The number of aromatic nitrogens is 2. The molecular weight excluding hydrogens is 247 g/mol. The van der Waals surface area contributed by atoms with Gasteiger partial charge in [-0.3, -0.25) is 0 Å². The van der Waals surface area contributed by atoms with Crippen molar-refractivity contribution in [1.29, 1.82) is 0 Å². The summed E-state index contributed by atoms with van der Waals surface area (Å²) in [6.07, 6.45) is -2.01. The minimum Gasteiger partial charge on any atom is -0.461 e. The van der Waals surface area contributed by atoms with Gasteiger partial charge in [-0.25, -0.2) is 9.97 Å². The topological polar surface area (TPSA) is 51.0 Å². The zero-order valence-electron chi connectivity index (χ0n) is 9.45. The molecule has 2 aromatic heterocycles. The number of furan rings is 1. The third kappa shape index (κ3) is 2.51. The fourth-order valence-corrected chi connectivity index (χ4v) is 1.50. The molecule has 0 spiro atoms. The summed E-state index contributed by atoms with van der Waals surface area (Å²) in [6, 6.07) is 3.07. The van der Waals surface area contributed by atoms with E-state index in [4.69, 9.17) is 4.42 Å².